The Balaban J connectivity index is 2.76. The molecular formula is C10H14ClNO4S. The summed E-state index contributed by atoms with van der Waals surface area (Å²) < 4.78 is 35.8. The molecule has 0 radical (unpaired) electrons. The van der Waals surface area contributed by atoms with Gasteiger partial charge in [-0.05, 0) is 18.2 Å². The summed E-state index contributed by atoms with van der Waals surface area (Å²) >= 11 is 5.73. The molecule has 5 nitrogen and oxygen atoms in total. The summed E-state index contributed by atoms with van der Waals surface area (Å²) in [5.41, 5.74) is 0. The van der Waals surface area contributed by atoms with Gasteiger partial charge in [-0.25, -0.2) is 13.1 Å². The van der Waals surface area contributed by atoms with E-state index in [0.29, 0.717) is 5.02 Å². The lowest BCUT2D eigenvalue weighted by Crippen LogP contribution is -2.34. The van der Waals surface area contributed by atoms with E-state index in [-0.39, 0.29) is 11.4 Å². The monoisotopic (exact) mass is 279 g/mol. The van der Waals surface area contributed by atoms with Crippen molar-refractivity contribution in [3.05, 3.63) is 29.3 Å². The van der Waals surface area contributed by atoms with E-state index < -0.39 is 16.3 Å². The molecule has 0 saturated heterocycles. The third kappa shape index (κ3) is 4.25. The Morgan fingerprint density at radius 3 is 2.53 bits per heavy atom. The first kappa shape index (κ1) is 14.4. The van der Waals surface area contributed by atoms with E-state index in [1.807, 2.05) is 0 Å². The van der Waals surface area contributed by atoms with Crippen molar-refractivity contribution in [2.45, 2.75) is 11.2 Å². The molecule has 0 aliphatic carbocycles. The van der Waals surface area contributed by atoms with Crippen molar-refractivity contribution < 1.29 is 17.9 Å². The lowest BCUT2D eigenvalue weighted by Gasteiger charge is -2.14. The minimum absolute atomic E-state index is 0.0296. The lowest BCUT2D eigenvalue weighted by atomic mass is 10.4. The van der Waals surface area contributed by atoms with Crippen molar-refractivity contribution in [3.63, 3.8) is 0 Å². The molecule has 0 amide bonds. The maximum atomic E-state index is 11.8. The Labute approximate surface area is 106 Å². The molecule has 1 N–H and O–H groups in total. The van der Waals surface area contributed by atoms with Gasteiger partial charge in [0.1, 0.15) is 0 Å². The fourth-order valence-corrected chi connectivity index (χ4v) is 2.48. The lowest BCUT2D eigenvalue weighted by molar-refractivity contribution is -0.0960. The number of hydrogen-bond acceptors (Lipinski definition) is 4. The molecule has 1 aromatic rings. The quantitative estimate of drug-likeness (QED) is 0.796. The molecule has 0 aliphatic heterocycles. The van der Waals surface area contributed by atoms with E-state index in [2.05, 4.69) is 4.72 Å². The van der Waals surface area contributed by atoms with E-state index in [9.17, 15) is 8.42 Å². The number of ether oxygens (including phenoxy) is 2. The number of methoxy groups -OCH3 is 2. The number of halogens is 1. The van der Waals surface area contributed by atoms with Gasteiger partial charge in [-0.2, -0.15) is 0 Å². The molecule has 0 heterocycles. The summed E-state index contributed by atoms with van der Waals surface area (Å²) in [4.78, 5) is 0.107. The van der Waals surface area contributed by atoms with E-state index in [0.717, 1.165) is 0 Å². The van der Waals surface area contributed by atoms with Gasteiger partial charge >= 0.3 is 0 Å². The number of benzene rings is 1. The molecule has 0 atom stereocenters. The van der Waals surface area contributed by atoms with Gasteiger partial charge in [0.15, 0.2) is 6.29 Å². The first-order valence-electron chi connectivity index (χ1n) is 4.80. The van der Waals surface area contributed by atoms with Gasteiger partial charge in [0.25, 0.3) is 0 Å². The van der Waals surface area contributed by atoms with Gasteiger partial charge in [0.05, 0.1) is 11.4 Å². The third-order valence-corrected chi connectivity index (χ3v) is 3.73. The van der Waals surface area contributed by atoms with E-state index in [1.54, 1.807) is 12.1 Å². The van der Waals surface area contributed by atoms with Crippen LogP contribution in [-0.4, -0.2) is 35.5 Å². The first-order chi connectivity index (χ1) is 7.99. The van der Waals surface area contributed by atoms with E-state index in [4.69, 9.17) is 21.1 Å². The summed E-state index contributed by atoms with van der Waals surface area (Å²) in [6.07, 6.45) is -0.621. The molecule has 0 spiro atoms. The smallest absolute Gasteiger partial charge is 0.240 e. The van der Waals surface area contributed by atoms with Crippen LogP contribution >= 0.6 is 11.6 Å². The Kier molecular flexibility index (Phi) is 5.35. The summed E-state index contributed by atoms with van der Waals surface area (Å²) in [6.45, 7) is 0.0296. The number of hydrogen-bond donors (Lipinski definition) is 1. The van der Waals surface area contributed by atoms with Gasteiger partial charge in [0.2, 0.25) is 10.0 Å². The SMILES string of the molecule is COC(CNS(=O)(=O)c1cccc(Cl)c1)OC. The van der Waals surface area contributed by atoms with Crippen LogP contribution in [0, 0.1) is 0 Å². The van der Waals surface area contributed by atoms with Crippen molar-refractivity contribution in [1.29, 1.82) is 0 Å². The summed E-state index contributed by atoms with van der Waals surface area (Å²) in [5, 5.41) is 0.364. The minimum atomic E-state index is -3.59. The fraction of sp³-hybridized carbons (Fsp3) is 0.400. The Morgan fingerprint density at radius 2 is 2.00 bits per heavy atom. The predicted octanol–water partition coefficient (Wildman–Crippen LogP) is 1.24. The van der Waals surface area contributed by atoms with Gasteiger partial charge in [0, 0.05) is 19.2 Å². The zero-order valence-corrected chi connectivity index (χ0v) is 11.1. The van der Waals surface area contributed by atoms with Gasteiger partial charge < -0.3 is 9.47 Å². The fourth-order valence-electron chi connectivity index (χ4n) is 1.16. The summed E-state index contributed by atoms with van der Waals surface area (Å²) in [6, 6.07) is 6.01. The predicted molar refractivity (Wildman–Crippen MR) is 64.4 cm³/mol. The second kappa shape index (κ2) is 6.32. The molecule has 17 heavy (non-hydrogen) atoms. The molecule has 96 valence electrons. The molecule has 0 unspecified atom stereocenters. The highest BCUT2D eigenvalue weighted by Crippen LogP contribution is 2.15. The topological polar surface area (TPSA) is 64.6 Å². The molecule has 0 bridgehead atoms. The van der Waals surface area contributed by atoms with Crippen LogP contribution in [0.15, 0.2) is 29.2 Å². The van der Waals surface area contributed by atoms with Crippen LogP contribution in [0.3, 0.4) is 0 Å². The molecule has 7 heteroatoms. The Morgan fingerprint density at radius 1 is 1.35 bits per heavy atom. The second-order valence-corrected chi connectivity index (χ2v) is 5.41. The zero-order valence-electron chi connectivity index (χ0n) is 9.51. The molecule has 0 fully saturated rings. The summed E-state index contributed by atoms with van der Waals surface area (Å²) in [5.74, 6) is 0. The largest absolute Gasteiger partial charge is 0.355 e. The molecule has 0 aromatic heterocycles. The molecule has 0 aliphatic rings. The maximum Gasteiger partial charge on any atom is 0.240 e. The van der Waals surface area contributed by atoms with E-state index >= 15 is 0 Å². The van der Waals surface area contributed by atoms with Gasteiger partial charge in [-0.3, -0.25) is 0 Å². The number of rotatable bonds is 6. The van der Waals surface area contributed by atoms with Crippen molar-refractivity contribution in [2.24, 2.45) is 0 Å². The average Bonchev–Trinajstić information content (AvgIpc) is 2.30. The molecule has 1 aromatic carbocycles. The van der Waals surface area contributed by atoms with Crippen LogP contribution in [-0.2, 0) is 19.5 Å². The van der Waals surface area contributed by atoms with Gasteiger partial charge in [-0.15, -0.1) is 0 Å². The second-order valence-electron chi connectivity index (χ2n) is 3.21. The molecular weight excluding hydrogens is 266 g/mol. The number of nitrogens with one attached hydrogen (secondary N) is 1. The maximum absolute atomic E-state index is 11.8. The van der Waals surface area contributed by atoms with Crippen LogP contribution in [0.25, 0.3) is 0 Å². The average molecular weight is 280 g/mol. The molecule has 1 rings (SSSR count). The molecule has 0 saturated carbocycles. The highest BCUT2D eigenvalue weighted by molar-refractivity contribution is 7.89. The Hall–Kier alpha value is -0.660. The summed E-state index contributed by atoms with van der Waals surface area (Å²) in [7, 11) is -0.728. The highest BCUT2D eigenvalue weighted by atomic mass is 35.5. The van der Waals surface area contributed by atoms with Crippen molar-refractivity contribution >= 4 is 21.6 Å². The Bertz CT molecular complexity index is 459. The standard InChI is InChI=1S/C10H14ClNO4S/c1-15-10(16-2)7-12-17(13,14)9-5-3-4-8(11)6-9/h3-6,10,12H,7H2,1-2H3. The highest BCUT2D eigenvalue weighted by Gasteiger charge is 2.16. The van der Waals surface area contributed by atoms with E-state index in [1.165, 1.54) is 26.4 Å². The van der Waals surface area contributed by atoms with Crippen molar-refractivity contribution in [2.75, 3.05) is 20.8 Å². The van der Waals surface area contributed by atoms with Crippen LogP contribution in [0.5, 0.6) is 0 Å². The van der Waals surface area contributed by atoms with Crippen LogP contribution in [0.2, 0.25) is 5.02 Å². The third-order valence-electron chi connectivity index (χ3n) is 2.07. The zero-order chi connectivity index (χ0) is 12.9. The normalized spacial score (nSPS) is 12.0. The van der Waals surface area contributed by atoms with Crippen molar-refractivity contribution in [3.8, 4) is 0 Å². The minimum Gasteiger partial charge on any atom is -0.355 e. The van der Waals surface area contributed by atoms with Crippen molar-refractivity contribution in [1.82, 2.24) is 4.72 Å². The van der Waals surface area contributed by atoms with Crippen LogP contribution in [0.1, 0.15) is 0 Å². The van der Waals surface area contributed by atoms with Crippen LogP contribution in [0.4, 0.5) is 0 Å². The van der Waals surface area contributed by atoms with Crippen LogP contribution < -0.4 is 4.72 Å². The van der Waals surface area contributed by atoms with Gasteiger partial charge in [-0.1, -0.05) is 17.7 Å². The first-order valence-corrected chi connectivity index (χ1v) is 6.66. The number of sulfonamides is 1.